The number of aliphatic carboxylic acids is 1. The van der Waals surface area contributed by atoms with E-state index < -0.39 is 65.7 Å². The predicted molar refractivity (Wildman–Crippen MR) is 195 cm³/mol. The first kappa shape index (κ1) is 44.5. The second-order valence-corrected chi connectivity index (χ2v) is 12.1. The molecule has 20 heteroatoms. The largest absolute Gasteiger partial charge is 0.480 e. The van der Waals surface area contributed by atoms with Crippen LogP contribution in [0.15, 0.2) is 40.3 Å². The molecule has 0 saturated carbocycles. The van der Waals surface area contributed by atoms with Crippen LogP contribution in [0.4, 0.5) is 0 Å². The third kappa shape index (κ3) is 19.0. The number of unbranched alkanes of at least 4 members (excludes halogenated alkanes) is 1. The fourth-order valence-corrected chi connectivity index (χ4v) is 4.88. The van der Waals surface area contributed by atoms with Crippen LogP contribution in [-0.4, -0.2) is 102 Å². The summed E-state index contributed by atoms with van der Waals surface area (Å²) in [6.07, 6.45) is 1.35. The van der Waals surface area contributed by atoms with Crippen LogP contribution in [0.25, 0.3) is 0 Å². The molecule has 0 fully saturated rings. The molecule has 0 heterocycles. The molecule has 0 spiro atoms. The van der Waals surface area contributed by atoms with Crippen LogP contribution in [0.2, 0.25) is 0 Å². The lowest BCUT2D eigenvalue weighted by Gasteiger charge is -2.26. The van der Waals surface area contributed by atoms with Crippen LogP contribution in [0.5, 0.6) is 0 Å². The van der Waals surface area contributed by atoms with Gasteiger partial charge in [0.2, 0.25) is 29.5 Å². The van der Waals surface area contributed by atoms with Gasteiger partial charge in [0.15, 0.2) is 11.9 Å². The first-order chi connectivity index (χ1) is 24.6. The average Bonchev–Trinajstić information content (AvgIpc) is 3.08. The lowest BCUT2D eigenvalue weighted by molar-refractivity contribution is -0.142. The fraction of sp³-hybridized carbons (Fsp3) is 0.562. The number of guanidine groups is 2. The Morgan fingerprint density at radius 2 is 1.10 bits per heavy atom. The summed E-state index contributed by atoms with van der Waals surface area (Å²) < 4.78 is 0. The minimum Gasteiger partial charge on any atom is -0.480 e. The number of hydrogen-bond acceptors (Lipinski definition) is 10. The van der Waals surface area contributed by atoms with Gasteiger partial charge in [-0.2, -0.15) is 0 Å². The van der Waals surface area contributed by atoms with Crippen LogP contribution < -0.4 is 61.4 Å². The minimum atomic E-state index is -1.32. The van der Waals surface area contributed by atoms with E-state index in [0.29, 0.717) is 31.4 Å². The monoisotopic (exact) mass is 733 g/mol. The Morgan fingerprint density at radius 1 is 0.615 bits per heavy atom. The van der Waals surface area contributed by atoms with E-state index in [-0.39, 0.29) is 70.0 Å². The first-order valence-corrected chi connectivity index (χ1v) is 17.0. The van der Waals surface area contributed by atoms with Crippen molar-refractivity contribution in [2.75, 3.05) is 19.6 Å². The standard InChI is InChI=1S/C32H55N13O7/c33-15-5-4-11-23(30(51)52)44-27(48)21(12-7-17-41-32(38)39)43-29(50)24(18-19-8-2-1-3-9-19)45-28(49)22(13-14-25(35)46)42-26(47)20(34)10-6-16-40-31(36)37/h1-3,8-9,20-24H,4-7,10-18,33-34H2,(H2,35,46)(H,42,47)(H,43,50)(H,44,48)(H,45,49)(H,51,52)(H4,36,37,40)(H4,38,39,41)/t20-,21-,22-,23-,24-/m0/s1. The number of carbonyl (C=O) groups is 6. The van der Waals surface area contributed by atoms with Crippen LogP contribution >= 0.6 is 0 Å². The summed E-state index contributed by atoms with van der Waals surface area (Å²) in [5, 5.41) is 20.0. The maximum absolute atomic E-state index is 13.9. The molecule has 0 aromatic heterocycles. The Kier molecular flexibility index (Phi) is 21.1. The highest BCUT2D eigenvalue weighted by Crippen LogP contribution is 2.09. The minimum absolute atomic E-state index is 0.00780. The number of rotatable bonds is 26. The smallest absolute Gasteiger partial charge is 0.326 e. The highest BCUT2D eigenvalue weighted by atomic mass is 16.4. The molecule has 290 valence electrons. The van der Waals surface area contributed by atoms with Crippen molar-refractivity contribution in [2.45, 2.75) is 94.4 Å². The molecule has 20 nitrogen and oxygen atoms in total. The van der Waals surface area contributed by atoms with Crippen molar-refractivity contribution in [3.8, 4) is 0 Å². The molecule has 0 aliphatic rings. The Morgan fingerprint density at radius 3 is 1.63 bits per heavy atom. The summed E-state index contributed by atoms with van der Waals surface area (Å²) in [7, 11) is 0. The lowest BCUT2D eigenvalue weighted by Crippen LogP contribution is -2.59. The number of hydrogen-bond donors (Lipinski definition) is 12. The van der Waals surface area contributed by atoms with Crippen molar-refractivity contribution in [2.24, 2.45) is 50.1 Å². The summed E-state index contributed by atoms with van der Waals surface area (Å²) in [4.78, 5) is 85.1. The van der Waals surface area contributed by atoms with E-state index in [1.165, 1.54) is 0 Å². The Balaban J connectivity index is 3.31. The molecule has 0 unspecified atom stereocenters. The summed E-state index contributed by atoms with van der Waals surface area (Å²) >= 11 is 0. The predicted octanol–water partition coefficient (Wildman–Crippen LogP) is -3.92. The molecule has 0 bridgehead atoms. The van der Waals surface area contributed by atoms with Gasteiger partial charge in [-0.3, -0.25) is 34.0 Å². The van der Waals surface area contributed by atoms with Gasteiger partial charge < -0.3 is 66.5 Å². The van der Waals surface area contributed by atoms with E-state index in [9.17, 15) is 33.9 Å². The molecule has 1 aromatic rings. The summed E-state index contributed by atoms with van der Waals surface area (Å²) in [6.45, 7) is 0.686. The first-order valence-electron chi connectivity index (χ1n) is 17.0. The van der Waals surface area contributed by atoms with Gasteiger partial charge in [0, 0.05) is 25.9 Å². The second-order valence-electron chi connectivity index (χ2n) is 12.1. The highest BCUT2D eigenvalue weighted by molar-refractivity contribution is 5.95. The number of benzene rings is 1. The highest BCUT2D eigenvalue weighted by Gasteiger charge is 2.32. The summed E-state index contributed by atoms with van der Waals surface area (Å²) in [5.74, 6) is -5.36. The van der Waals surface area contributed by atoms with Gasteiger partial charge >= 0.3 is 5.97 Å². The van der Waals surface area contributed by atoms with Crippen LogP contribution in [0.3, 0.4) is 0 Å². The molecule has 1 rings (SSSR count). The average molecular weight is 734 g/mol. The number of nitrogens with zero attached hydrogens (tertiary/aromatic N) is 2. The van der Waals surface area contributed by atoms with Crippen LogP contribution in [-0.2, 0) is 35.2 Å². The van der Waals surface area contributed by atoms with Gasteiger partial charge in [-0.15, -0.1) is 0 Å². The molecule has 5 amide bonds. The lowest BCUT2D eigenvalue weighted by atomic mass is 10.0. The molecule has 0 radical (unpaired) electrons. The zero-order chi connectivity index (χ0) is 39.1. The Labute approximate surface area is 302 Å². The second kappa shape index (κ2) is 24.6. The maximum Gasteiger partial charge on any atom is 0.326 e. The number of nitrogens with two attached hydrogens (primary N) is 7. The van der Waals surface area contributed by atoms with Gasteiger partial charge in [-0.1, -0.05) is 30.3 Å². The van der Waals surface area contributed by atoms with Gasteiger partial charge in [0.1, 0.15) is 24.2 Å². The van der Waals surface area contributed by atoms with E-state index in [4.69, 9.17) is 40.1 Å². The Bertz CT molecular complexity index is 1370. The van der Waals surface area contributed by atoms with E-state index in [1.54, 1.807) is 30.3 Å². The third-order valence-electron chi connectivity index (χ3n) is 7.67. The van der Waals surface area contributed by atoms with Crippen molar-refractivity contribution < 1.29 is 33.9 Å². The molecule has 0 aliphatic heterocycles. The Hall–Kier alpha value is -5.50. The molecule has 0 saturated heterocycles. The van der Waals surface area contributed by atoms with Crippen molar-refractivity contribution in [1.82, 2.24) is 21.3 Å². The number of amides is 5. The topological polar surface area (TPSA) is 378 Å². The molecule has 19 N–H and O–H groups in total. The number of carboxylic acids is 1. The number of carboxylic acid groups (broad SMARTS) is 1. The van der Waals surface area contributed by atoms with E-state index >= 15 is 0 Å². The SMILES string of the molecule is NCCCC[C@H](NC(=O)[C@H](CCCN=C(N)N)NC(=O)[C@H](Cc1ccccc1)NC(=O)[C@H](CCC(N)=O)NC(=O)[C@@H](N)CCCN=C(N)N)C(=O)O. The quantitative estimate of drug-likeness (QED) is 0.0246. The van der Waals surface area contributed by atoms with Crippen molar-refractivity contribution >= 4 is 47.4 Å². The van der Waals surface area contributed by atoms with Crippen molar-refractivity contribution in [3.05, 3.63) is 35.9 Å². The molecule has 5 atom stereocenters. The molecule has 0 aliphatic carbocycles. The fourth-order valence-electron chi connectivity index (χ4n) is 4.88. The number of nitrogens with one attached hydrogen (secondary N) is 4. The van der Waals surface area contributed by atoms with Gasteiger partial charge in [-0.05, 0) is 63.5 Å². The summed E-state index contributed by atoms with van der Waals surface area (Å²) in [5.41, 5.74) is 38.9. The number of primary amides is 1. The van der Waals surface area contributed by atoms with Gasteiger partial charge in [0.05, 0.1) is 6.04 Å². The molecular formula is C32H55N13O7. The normalized spacial score (nSPS) is 13.6. The third-order valence-corrected chi connectivity index (χ3v) is 7.67. The maximum atomic E-state index is 13.9. The van der Waals surface area contributed by atoms with Crippen LogP contribution in [0, 0.1) is 0 Å². The van der Waals surface area contributed by atoms with E-state index in [1.807, 2.05) is 0 Å². The van der Waals surface area contributed by atoms with Crippen molar-refractivity contribution in [3.63, 3.8) is 0 Å². The van der Waals surface area contributed by atoms with E-state index in [2.05, 4.69) is 31.3 Å². The van der Waals surface area contributed by atoms with Crippen molar-refractivity contribution in [1.29, 1.82) is 0 Å². The molecule has 52 heavy (non-hydrogen) atoms. The number of carbonyl (C=O) groups excluding carboxylic acids is 5. The molecular weight excluding hydrogens is 678 g/mol. The summed E-state index contributed by atoms with van der Waals surface area (Å²) in [6, 6.07) is 2.49. The van der Waals surface area contributed by atoms with Gasteiger partial charge in [0.25, 0.3) is 0 Å². The van der Waals surface area contributed by atoms with Gasteiger partial charge in [-0.25, -0.2) is 4.79 Å². The zero-order valence-corrected chi connectivity index (χ0v) is 29.3. The number of aliphatic imine (C=N–C) groups is 2. The molecule has 1 aromatic carbocycles. The van der Waals surface area contributed by atoms with Crippen LogP contribution in [0.1, 0.15) is 63.4 Å². The zero-order valence-electron chi connectivity index (χ0n) is 29.3. The van der Waals surface area contributed by atoms with E-state index in [0.717, 1.165) is 0 Å².